The molecular weight excluding hydrogens is 246 g/mol. The van der Waals surface area contributed by atoms with Gasteiger partial charge in [-0.1, -0.05) is 51.1 Å². The van der Waals surface area contributed by atoms with Gasteiger partial charge in [0, 0.05) is 13.1 Å². The molecule has 1 aliphatic carbocycles. The Morgan fingerprint density at radius 2 is 1.65 bits per heavy atom. The summed E-state index contributed by atoms with van der Waals surface area (Å²) >= 11 is 0. The van der Waals surface area contributed by atoms with E-state index in [0.717, 1.165) is 44.7 Å². The van der Waals surface area contributed by atoms with E-state index in [1.807, 2.05) is 32.0 Å². The molecule has 0 aromatic heterocycles. The SMILES string of the molecule is CC.CC1CCN(C(=O)C2(c3ccccc3)CC2)CC1. The Kier molecular flexibility index (Phi) is 4.85. The number of hydrogen-bond donors (Lipinski definition) is 0. The van der Waals surface area contributed by atoms with Gasteiger partial charge in [0.1, 0.15) is 0 Å². The number of rotatable bonds is 2. The van der Waals surface area contributed by atoms with Crippen molar-refractivity contribution in [1.82, 2.24) is 4.90 Å². The lowest BCUT2D eigenvalue weighted by atomic mass is 9.92. The zero-order valence-corrected chi connectivity index (χ0v) is 13.1. The van der Waals surface area contributed by atoms with Crippen LogP contribution in [0.1, 0.15) is 52.0 Å². The van der Waals surface area contributed by atoms with E-state index in [1.165, 1.54) is 5.56 Å². The fourth-order valence-electron chi connectivity index (χ4n) is 3.02. The number of carbonyl (C=O) groups is 1. The van der Waals surface area contributed by atoms with Gasteiger partial charge in [-0.3, -0.25) is 4.79 Å². The minimum atomic E-state index is -0.165. The van der Waals surface area contributed by atoms with Crippen LogP contribution in [0.15, 0.2) is 30.3 Å². The molecule has 0 spiro atoms. The topological polar surface area (TPSA) is 20.3 Å². The maximum Gasteiger partial charge on any atom is 0.233 e. The lowest BCUT2D eigenvalue weighted by Crippen LogP contribution is -2.43. The summed E-state index contributed by atoms with van der Waals surface area (Å²) in [7, 11) is 0. The molecule has 1 aromatic carbocycles. The molecule has 1 aliphatic heterocycles. The Bertz CT molecular complexity index is 428. The average Bonchev–Trinajstić information content (AvgIpc) is 3.32. The van der Waals surface area contributed by atoms with Crippen molar-refractivity contribution < 1.29 is 4.79 Å². The first-order valence-electron chi connectivity index (χ1n) is 8.07. The van der Waals surface area contributed by atoms with Gasteiger partial charge in [-0.25, -0.2) is 0 Å². The molecule has 2 aliphatic rings. The van der Waals surface area contributed by atoms with Crippen LogP contribution in [0.4, 0.5) is 0 Å². The fraction of sp³-hybridized carbons (Fsp3) is 0.611. The van der Waals surface area contributed by atoms with Crippen molar-refractivity contribution in [2.24, 2.45) is 5.92 Å². The molecule has 0 N–H and O–H groups in total. The Hall–Kier alpha value is -1.31. The van der Waals surface area contributed by atoms with Crippen molar-refractivity contribution in [3.05, 3.63) is 35.9 Å². The summed E-state index contributed by atoms with van der Waals surface area (Å²) in [4.78, 5) is 14.8. The number of nitrogens with zero attached hydrogens (tertiary/aromatic N) is 1. The van der Waals surface area contributed by atoms with Crippen molar-refractivity contribution in [3.8, 4) is 0 Å². The van der Waals surface area contributed by atoms with Gasteiger partial charge in [0.2, 0.25) is 5.91 Å². The Morgan fingerprint density at radius 1 is 1.10 bits per heavy atom. The molecule has 2 fully saturated rings. The second kappa shape index (κ2) is 6.43. The van der Waals surface area contributed by atoms with Crippen LogP contribution < -0.4 is 0 Å². The number of amides is 1. The number of piperidine rings is 1. The fourth-order valence-corrected chi connectivity index (χ4v) is 3.02. The smallest absolute Gasteiger partial charge is 0.233 e. The van der Waals surface area contributed by atoms with E-state index in [9.17, 15) is 4.79 Å². The summed E-state index contributed by atoms with van der Waals surface area (Å²) in [6, 6.07) is 10.3. The van der Waals surface area contributed by atoms with Crippen molar-refractivity contribution >= 4 is 5.91 Å². The van der Waals surface area contributed by atoms with Gasteiger partial charge in [0.25, 0.3) is 0 Å². The molecule has 2 heteroatoms. The highest BCUT2D eigenvalue weighted by atomic mass is 16.2. The van der Waals surface area contributed by atoms with E-state index in [-0.39, 0.29) is 5.41 Å². The molecule has 1 heterocycles. The number of likely N-dealkylation sites (tertiary alicyclic amines) is 1. The van der Waals surface area contributed by atoms with Crippen LogP contribution in [0.5, 0.6) is 0 Å². The highest BCUT2D eigenvalue weighted by molar-refractivity contribution is 5.91. The van der Waals surface area contributed by atoms with Crippen LogP contribution in [-0.2, 0) is 10.2 Å². The summed E-state index contributed by atoms with van der Waals surface area (Å²) in [5, 5.41) is 0. The monoisotopic (exact) mass is 273 g/mol. The molecule has 110 valence electrons. The zero-order chi connectivity index (χ0) is 14.6. The van der Waals surface area contributed by atoms with Gasteiger partial charge in [-0.15, -0.1) is 0 Å². The van der Waals surface area contributed by atoms with Crippen molar-refractivity contribution in [3.63, 3.8) is 0 Å². The number of hydrogen-bond acceptors (Lipinski definition) is 1. The summed E-state index contributed by atoms with van der Waals surface area (Å²) < 4.78 is 0. The molecule has 1 saturated heterocycles. The first-order chi connectivity index (χ1) is 9.72. The molecule has 2 nitrogen and oxygen atoms in total. The van der Waals surface area contributed by atoms with E-state index in [2.05, 4.69) is 24.0 Å². The summed E-state index contributed by atoms with van der Waals surface area (Å²) in [6.45, 7) is 8.19. The molecule has 0 radical (unpaired) electrons. The van der Waals surface area contributed by atoms with Gasteiger partial charge in [-0.05, 0) is 37.2 Å². The lowest BCUT2D eigenvalue weighted by Gasteiger charge is -2.33. The first kappa shape index (κ1) is 15.1. The van der Waals surface area contributed by atoms with E-state index in [0.29, 0.717) is 5.91 Å². The third-order valence-electron chi connectivity index (χ3n) is 4.56. The highest BCUT2D eigenvalue weighted by Crippen LogP contribution is 2.49. The van der Waals surface area contributed by atoms with Gasteiger partial charge < -0.3 is 4.90 Å². The second-order valence-corrected chi connectivity index (χ2v) is 5.92. The quantitative estimate of drug-likeness (QED) is 0.797. The minimum absolute atomic E-state index is 0.165. The van der Waals surface area contributed by atoms with Crippen LogP contribution in [0.25, 0.3) is 0 Å². The lowest BCUT2D eigenvalue weighted by molar-refractivity contribution is -0.135. The molecule has 0 atom stereocenters. The highest BCUT2D eigenvalue weighted by Gasteiger charge is 2.52. The van der Waals surface area contributed by atoms with Crippen LogP contribution in [0.3, 0.4) is 0 Å². The molecule has 0 bridgehead atoms. The molecule has 1 saturated carbocycles. The van der Waals surface area contributed by atoms with Crippen molar-refractivity contribution in [2.75, 3.05) is 13.1 Å². The van der Waals surface area contributed by atoms with Crippen LogP contribution >= 0.6 is 0 Å². The molecule has 1 amide bonds. The molecule has 1 aromatic rings. The number of carbonyl (C=O) groups excluding carboxylic acids is 1. The van der Waals surface area contributed by atoms with Crippen molar-refractivity contribution in [2.45, 2.75) is 51.9 Å². The van der Waals surface area contributed by atoms with Gasteiger partial charge in [0.15, 0.2) is 0 Å². The largest absolute Gasteiger partial charge is 0.342 e. The summed E-state index contributed by atoms with van der Waals surface area (Å²) in [6.07, 6.45) is 4.39. The summed E-state index contributed by atoms with van der Waals surface area (Å²) in [5.41, 5.74) is 1.05. The normalized spacial score (nSPS) is 20.9. The molecule has 0 unspecified atom stereocenters. The van der Waals surface area contributed by atoms with Gasteiger partial charge in [0.05, 0.1) is 5.41 Å². The molecular formula is C18H27NO. The predicted molar refractivity (Wildman–Crippen MR) is 83.7 cm³/mol. The van der Waals surface area contributed by atoms with Gasteiger partial charge >= 0.3 is 0 Å². The molecule has 20 heavy (non-hydrogen) atoms. The third-order valence-corrected chi connectivity index (χ3v) is 4.56. The average molecular weight is 273 g/mol. The maximum atomic E-state index is 12.7. The maximum absolute atomic E-state index is 12.7. The summed E-state index contributed by atoms with van der Waals surface area (Å²) in [5.74, 6) is 1.15. The Balaban J connectivity index is 0.000000704. The standard InChI is InChI=1S/C16H21NO.C2H6/c1-13-7-11-17(12-8-13)15(18)16(9-10-16)14-5-3-2-4-6-14;1-2/h2-6,13H,7-12H2,1H3;1-2H3. The van der Waals surface area contributed by atoms with E-state index < -0.39 is 0 Å². The number of benzene rings is 1. The zero-order valence-electron chi connectivity index (χ0n) is 13.1. The van der Waals surface area contributed by atoms with Crippen LogP contribution in [0.2, 0.25) is 0 Å². The van der Waals surface area contributed by atoms with Crippen LogP contribution in [-0.4, -0.2) is 23.9 Å². The van der Waals surface area contributed by atoms with E-state index >= 15 is 0 Å². The van der Waals surface area contributed by atoms with Crippen LogP contribution in [0, 0.1) is 5.92 Å². The first-order valence-corrected chi connectivity index (χ1v) is 8.07. The van der Waals surface area contributed by atoms with Crippen molar-refractivity contribution in [1.29, 1.82) is 0 Å². The predicted octanol–water partition coefficient (Wildman–Crippen LogP) is 4.00. The third kappa shape index (κ3) is 2.89. The minimum Gasteiger partial charge on any atom is -0.342 e. The Labute approximate surface area is 123 Å². The second-order valence-electron chi connectivity index (χ2n) is 5.92. The Morgan fingerprint density at radius 3 is 2.15 bits per heavy atom. The van der Waals surface area contributed by atoms with Gasteiger partial charge in [-0.2, -0.15) is 0 Å². The van der Waals surface area contributed by atoms with E-state index in [4.69, 9.17) is 0 Å². The van der Waals surface area contributed by atoms with E-state index in [1.54, 1.807) is 0 Å². The molecule has 3 rings (SSSR count).